The second-order valence-electron chi connectivity index (χ2n) is 5.82. The van der Waals surface area contributed by atoms with E-state index in [4.69, 9.17) is 11.5 Å². The molecular weight excluding hydrogens is 294 g/mol. The van der Waals surface area contributed by atoms with Crippen molar-refractivity contribution in [1.29, 1.82) is 0 Å². The van der Waals surface area contributed by atoms with Crippen molar-refractivity contribution in [3.05, 3.63) is 35.5 Å². The molecule has 0 saturated heterocycles. The Hall–Kier alpha value is -2.54. The van der Waals surface area contributed by atoms with Crippen molar-refractivity contribution in [3.63, 3.8) is 0 Å². The topological polar surface area (TPSA) is 130 Å². The van der Waals surface area contributed by atoms with Crippen molar-refractivity contribution in [1.82, 2.24) is 10.3 Å². The van der Waals surface area contributed by atoms with E-state index in [0.29, 0.717) is 25.9 Å². The smallest absolute Gasteiger partial charge is 0.330 e. The molecule has 0 amide bonds. The first-order chi connectivity index (χ1) is 11.0. The van der Waals surface area contributed by atoms with Crippen molar-refractivity contribution in [3.8, 4) is 0 Å². The molecule has 7 nitrogen and oxygen atoms in total. The summed E-state index contributed by atoms with van der Waals surface area (Å²) in [6, 6.07) is 7.92. The molecule has 2 aromatic rings. The van der Waals surface area contributed by atoms with Crippen LogP contribution >= 0.6 is 0 Å². The van der Waals surface area contributed by atoms with Crippen LogP contribution in [-0.2, 0) is 16.8 Å². The van der Waals surface area contributed by atoms with Crippen LogP contribution in [0.15, 0.2) is 29.3 Å². The number of carboxylic acids is 1. The molecule has 1 atom stereocenters. The van der Waals surface area contributed by atoms with Gasteiger partial charge in [0, 0.05) is 24.0 Å². The summed E-state index contributed by atoms with van der Waals surface area (Å²) in [5.41, 5.74) is 12.3. The lowest BCUT2D eigenvalue weighted by Gasteiger charge is -2.34. The van der Waals surface area contributed by atoms with Crippen LogP contribution in [0, 0.1) is 0 Å². The summed E-state index contributed by atoms with van der Waals surface area (Å²) in [5.74, 6) is -0.855. The number of rotatable bonds is 5. The van der Waals surface area contributed by atoms with Crippen LogP contribution in [0.25, 0.3) is 10.9 Å². The Morgan fingerprint density at radius 1 is 1.35 bits per heavy atom. The van der Waals surface area contributed by atoms with Gasteiger partial charge in [-0.3, -0.25) is 10.3 Å². The summed E-state index contributed by atoms with van der Waals surface area (Å²) in [6.45, 7) is 1.04. The number of carboxylic acid groups (broad SMARTS) is 1. The van der Waals surface area contributed by atoms with Gasteiger partial charge in [0.25, 0.3) is 0 Å². The molecule has 1 aliphatic heterocycles. The Labute approximate surface area is 133 Å². The van der Waals surface area contributed by atoms with E-state index in [0.717, 1.165) is 28.6 Å². The molecular formula is C16H21N5O2. The first-order valence-electron chi connectivity index (χ1n) is 7.68. The standard InChI is InChI=1S/C16H21N5O2/c17-15(18)19-8-3-7-16(14(22)23)13-11(6-9-20-16)10-4-1-2-5-12(10)21-13/h1-2,4-5,20-21H,3,6-9H2,(H,22,23)(H4,17,18,19). The van der Waals surface area contributed by atoms with Crippen LogP contribution in [-0.4, -0.2) is 35.1 Å². The number of aliphatic imine (C=N–C) groups is 1. The second kappa shape index (κ2) is 5.92. The van der Waals surface area contributed by atoms with Crippen molar-refractivity contribution >= 4 is 22.8 Å². The zero-order valence-electron chi connectivity index (χ0n) is 12.8. The molecule has 1 aromatic carbocycles. The molecule has 7 N–H and O–H groups in total. The van der Waals surface area contributed by atoms with Gasteiger partial charge < -0.3 is 21.6 Å². The number of fused-ring (bicyclic) bond motifs is 3. The maximum Gasteiger partial charge on any atom is 0.330 e. The Bertz CT molecular complexity index is 763. The van der Waals surface area contributed by atoms with Crippen LogP contribution in [0.2, 0.25) is 0 Å². The molecule has 2 heterocycles. The van der Waals surface area contributed by atoms with E-state index in [1.807, 2.05) is 24.3 Å². The van der Waals surface area contributed by atoms with Crippen molar-refractivity contribution in [2.45, 2.75) is 24.8 Å². The molecule has 1 aromatic heterocycles. The molecule has 1 unspecified atom stereocenters. The minimum Gasteiger partial charge on any atom is -0.480 e. The maximum atomic E-state index is 12.1. The van der Waals surface area contributed by atoms with Gasteiger partial charge in [-0.05, 0) is 30.9 Å². The largest absolute Gasteiger partial charge is 0.480 e. The lowest BCUT2D eigenvalue weighted by atomic mass is 9.83. The number of carbonyl (C=O) groups is 1. The van der Waals surface area contributed by atoms with Gasteiger partial charge in [0.15, 0.2) is 11.5 Å². The van der Waals surface area contributed by atoms with Crippen LogP contribution in [0.3, 0.4) is 0 Å². The third kappa shape index (κ3) is 2.63. The quantitative estimate of drug-likeness (QED) is 0.314. The maximum absolute atomic E-state index is 12.1. The zero-order valence-corrected chi connectivity index (χ0v) is 12.8. The van der Waals surface area contributed by atoms with Gasteiger partial charge in [-0.15, -0.1) is 0 Å². The summed E-state index contributed by atoms with van der Waals surface area (Å²) in [5, 5.41) is 14.2. The van der Waals surface area contributed by atoms with Crippen molar-refractivity contribution < 1.29 is 9.90 Å². The Balaban J connectivity index is 1.99. The number of aromatic nitrogens is 1. The fraction of sp³-hybridized carbons (Fsp3) is 0.375. The van der Waals surface area contributed by atoms with Gasteiger partial charge in [0.2, 0.25) is 0 Å². The molecule has 0 aliphatic carbocycles. The fourth-order valence-corrected chi connectivity index (χ4v) is 3.37. The number of nitrogens with zero attached hydrogens (tertiary/aromatic N) is 1. The number of aliphatic carboxylic acids is 1. The summed E-state index contributed by atoms with van der Waals surface area (Å²) in [7, 11) is 0. The van der Waals surface area contributed by atoms with Gasteiger partial charge in [0.1, 0.15) is 0 Å². The Morgan fingerprint density at radius 2 is 2.13 bits per heavy atom. The normalized spacial score (nSPS) is 20.2. The predicted octanol–water partition coefficient (Wildman–Crippen LogP) is 0.647. The number of nitrogens with one attached hydrogen (secondary N) is 2. The molecule has 0 radical (unpaired) electrons. The minimum absolute atomic E-state index is 0.0253. The van der Waals surface area contributed by atoms with Crippen LogP contribution in [0.5, 0.6) is 0 Å². The number of nitrogens with two attached hydrogens (primary N) is 2. The monoisotopic (exact) mass is 315 g/mol. The van der Waals surface area contributed by atoms with Gasteiger partial charge >= 0.3 is 5.97 Å². The molecule has 1 aliphatic rings. The highest BCUT2D eigenvalue weighted by Gasteiger charge is 2.44. The lowest BCUT2D eigenvalue weighted by molar-refractivity contribution is -0.146. The SMILES string of the molecule is NC(N)=NCCCC1(C(=O)O)NCCc2c1[nH]c1ccccc21. The number of hydrogen-bond acceptors (Lipinski definition) is 3. The molecule has 7 heteroatoms. The first-order valence-corrected chi connectivity index (χ1v) is 7.68. The van der Waals surface area contributed by atoms with Crippen LogP contribution in [0.1, 0.15) is 24.1 Å². The number of guanidine groups is 1. The summed E-state index contributed by atoms with van der Waals surface area (Å²) < 4.78 is 0. The highest BCUT2D eigenvalue weighted by Crippen LogP contribution is 2.36. The van der Waals surface area contributed by atoms with E-state index in [-0.39, 0.29) is 5.96 Å². The Kier molecular flexibility index (Phi) is 3.96. The fourth-order valence-electron chi connectivity index (χ4n) is 3.37. The van der Waals surface area contributed by atoms with Crippen molar-refractivity contribution in [2.75, 3.05) is 13.1 Å². The van der Waals surface area contributed by atoms with Gasteiger partial charge in [-0.25, -0.2) is 4.79 Å². The van der Waals surface area contributed by atoms with Gasteiger partial charge in [-0.2, -0.15) is 0 Å². The summed E-state index contributed by atoms with van der Waals surface area (Å²) in [6.07, 6.45) is 1.80. The number of H-pyrrole nitrogens is 1. The molecule has 0 saturated carbocycles. The highest BCUT2D eigenvalue weighted by molar-refractivity contribution is 5.90. The third-order valence-electron chi connectivity index (χ3n) is 4.41. The van der Waals surface area contributed by atoms with E-state index in [1.165, 1.54) is 0 Å². The Morgan fingerprint density at radius 3 is 2.87 bits per heavy atom. The van der Waals surface area contributed by atoms with E-state index >= 15 is 0 Å². The third-order valence-corrected chi connectivity index (χ3v) is 4.41. The second-order valence-corrected chi connectivity index (χ2v) is 5.82. The van der Waals surface area contributed by atoms with E-state index in [2.05, 4.69) is 15.3 Å². The summed E-state index contributed by atoms with van der Waals surface area (Å²) >= 11 is 0. The van der Waals surface area contributed by atoms with Crippen LogP contribution in [0.4, 0.5) is 0 Å². The number of aromatic amines is 1. The molecule has 0 spiro atoms. The van der Waals surface area contributed by atoms with Gasteiger partial charge in [-0.1, -0.05) is 18.2 Å². The van der Waals surface area contributed by atoms with Gasteiger partial charge in [0.05, 0.1) is 5.69 Å². The average molecular weight is 315 g/mol. The highest BCUT2D eigenvalue weighted by atomic mass is 16.4. The molecule has 3 rings (SSSR count). The van der Waals surface area contributed by atoms with E-state index in [9.17, 15) is 9.90 Å². The molecule has 0 fully saturated rings. The lowest BCUT2D eigenvalue weighted by Crippen LogP contribution is -2.53. The van der Waals surface area contributed by atoms with E-state index in [1.54, 1.807) is 0 Å². The van der Waals surface area contributed by atoms with E-state index < -0.39 is 11.5 Å². The number of benzene rings is 1. The number of hydrogen-bond donors (Lipinski definition) is 5. The minimum atomic E-state index is -1.12. The predicted molar refractivity (Wildman–Crippen MR) is 89.2 cm³/mol. The average Bonchev–Trinajstić information content (AvgIpc) is 2.91. The summed E-state index contributed by atoms with van der Waals surface area (Å²) in [4.78, 5) is 19.3. The molecule has 122 valence electrons. The van der Waals surface area contributed by atoms with Crippen molar-refractivity contribution in [2.24, 2.45) is 16.5 Å². The van der Waals surface area contributed by atoms with Crippen LogP contribution < -0.4 is 16.8 Å². The molecule has 0 bridgehead atoms. The first kappa shape index (κ1) is 15.4. The zero-order chi connectivity index (χ0) is 16.4. The molecule has 23 heavy (non-hydrogen) atoms. The number of para-hydroxylation sites is 1.